The lowest BCUT2D eigenvalue weighted by Crippen LogP contribution is -2.37. The van der Waals surface area contributed by atoms with Crippen molar-refractivity contribution in [2.45, 2.75) is 11.8 Å². The van der Waals surface area contributed by atoms with Crippen molar-refractivity contribution < 1.29 is 48.9 Å². The highest BCUT2D eigenvalue weighted by Crippen LogP contribution is 2.46. The van der Waals surface area contributed by atoms with Crippen LogP contribution < -0.4 is 4.68 Å². The summed E-state index contributed by atoms with van der Waals surface area (Å²) in [5, 5.41) is 4.10. The Bertz CT molecular complexity index is 833. The van der Waals surface area contributed by atoms with Crippen LogP contribution in [0.2, 0.25) is 0 Å². The van der Waals surface area contributed by atoms with E-state index in [1.165, 1.54) is 25.2 Å². The fourth-order valence-electron chi connectivity index (χ4n) is 1.33. The molecule has 0 unspecified atom stereocenters. The second-order valence-electron chi connectivity index (χ2n) is 4.33. The first-order valence-corrected chi connectivity index (χ1v) is 9.58. The summed E-state index contributed by atoms with van der Waals surface area (Å²) in [4.78, 5) is 4.00. The van der Waals surface area contributed by atoms with Crippen LogP contribution >= 0.6 is 7.60 Å². The predicted molar refractivity (Wildman–Crippen MR) is 79.2 cm³/mol. The van der Waals surface area contributed by atoms with E-state index in [4.69, 9.17) is 26.4 Å². The monoisotopic (exact) mass is 420 g/mol. The molecule has 15 heteroatoms. The Kier molecular flexibility index (Phi) is 7.41. The molecule has 2 heterocycles. The minimum atomic E-state index is -5.84. The SMILES string of the molecule is COP(=O)(C[n+]1ccc(-c2ncco2)cn1)OC.O=S(=O)(O)C(F)(F)F. The van der Waals surface area contributed by atoms with Crippen molar-refractivity contribution in [1.82, 2.24) is 10.1 Å². The molecule has 2 aromatic heterocycles. The molecule has 0 aliphatic rings. The van der Waals surface area contributed by atoms with E-state index in [1.807, 2.05) is 0 Å². The smallest absolute Gasteiger partial charge is 0.444 e. The number of hydrogen-bond donors (Lipinski definition) is 1. The van der Waals surface area contributed by atoms with Gasteiger partial charge in [0.2, 0.25) is 5.89 Å². The van der Waals surface area contributed by atoms with Crippen LogP contribution in [0.3, 0.4) is 0 Å². The van der Waals surface area contributed by atoms with Crippen LogP contribution in [0.25, 0.3) is 11.5 Å². The third kappa shape index (κ3) is 6.46. The van der Waals surface area contributed by atoms with Crippen molar-refractivity contribution in [1.29, 1.82) is 0 Å². The Hall–Kier alpha value is -1.86. The van der Waals surface area contributed by atoms with E-state index in [1.54, 1.807) is 24.7 Å². The number of rotatable bonds is 5. The van der Waals surface area contributed by atoms with Crippen molar-refractivity contribution in [3.8, 4) is 11.5 Å². The lowest BCUT2D eigenvalue weighted by atomic mass is 10.3. The largest absolute Gasteiger partial charge is 0.522 e. The van der Waals surface area contributed by atoms with Gasteiger partial charge in [0.25, 0.3) is 6.29 Å². The van der Waals surface area contributed by atoms with Crippen LogP contribution in [0.4, 0.5) is 13.2 Å². The molecule has 0 aromatic carbocycles. The van der Waals surface area contributed by atoms with Crippen LogP contribution in [0, 0.1) is 0 Å². The molecule has 2 aromatic rings. The summed E-state index contributed by atoms with van der Waals surface area (Å²) in [7, 11) is -6.28. The van der Waals surface area contributed by atoms with Crippen LogP contribution in [0.5, 0.6) is 0 Å². The second-order valence-corrected chi connectivity index (χ2v) is 7.98. The summed E-state index contributed by atoms with van der Waals surface area (Å²) in [6.45, 7) is 0. The quantitative estimate of drug-likeness (QED) is 0.333. The van der Waals surface area contributed by atoms with Crippen molar-refractivity contribution >= 4 is 17.7 Å². The van der Waals surface area contributed by atoms with Crippen LogP contribution in [0.1, 0.15) is 0 Å². The number of hydrogen-bond acceptors (Lipinski definition) is 8. The maximum Gasteiger partial charge on any atom is 0.522 e. The van der Waals surface area contributed by atoms with Gasteiger partial charge in [0.15, 0.2) is 6.20 Å². The minimum Gasteiger partial charge on any atom is -0.444 e. The van der Waals surface area contributed by atoms with Gasteiger partial charge in [-0.1, -0.05) is 4.68 Å². The van der Waals surface area contributed by atoms with Gasteiger partial charge in [0.1, 0.15) is 12.5 Å². The summed E-state index contributed by atoms with van der Waals surface area (Å²) in [6.07, 6.45) is 6.32. The first-order chi connectivity index (χ1) is 11.9. The number of alkyl halides is 3. The van der Waals surface area contributed by atoms with Gasteiger partial charge >= 0.3 is 23.2 Å². The minimum absolute atomic E-state index is 0.0475. The number of halogens is 3. The van der Waals surface area contributed by atoms with E-state index < -0.39 is 23.2 Å². The van der Waals surface area contributed by atoms with Gasteiger partial charge < -0.3 is 13.5 Å². The Labute approximate surface area is 145 Å². The van der Waals surface area contributed by atoms with Crippen molar-refractivity contribution in [3.63, 3.8) is 0 Å². The molecule has 146 valence electrons. The zero-order chi connectivity index (χ0) is 20.0. The molecule has 26 heavy (non-hydrogen) atoms. The fraction of sp³-hybridized carbons (Fsp3) is 0.364. The van der Waals surface area contributed by atoms with Crippen molar-refractivity contribution in [3.05, 3.63) is 30.9 Å². The van der Waals surface area contributed by atoms with Gasteiger partial charge in [-0.15, -0.1) is 0 Å². The fourth-order valence-corrected chi connectivity index (χ4v) is 2.23. The summed E-state index contributed by atoms with van der Waals surface area (Å²) in [5.74, 6) is 0.483. The number of nitrogens with zero attached hydrogens (tertiary/aromatic N) is 3. The lowest BCUT2D eigenvalue weighted by Gasteiger charge is -2.08. The molecule has 0 amide bonds. The molecule has 0 fully saturated rings. The Balaban J connectivity index is 0.000000359. The van der Waals surface area contributed by atoms with E-state index >= 15 is 0 Å². The zero-order valence-electron chi connectivity index (χ0n) is 13.3. The van der Waals surface area contributed by atoms with E-state index in [0.29, 0.717) is 5.89 Å². The molecular formula is C11H14F3N3O7PS+. The average molecular weight is 420 g/mol. The standard InChI is InChI=1S/C10H13N3O4P.CHF3O3S/c1-15-18(14,16-2)8-13-5-3-9(7-12-13)10-11-4-6-17-10;2-1(3,4)8(5,6)7/h3-7H,8H2,1-2H3;(H,5,6,7)/q+1;. The average Bonchev–Trinajstić information content (AvgIpc) is 3.08. The Morgan fingerprint density at radius 3 is 2.27 bits per heavy atom. The first kappa shape index (κ1) is 22.2. The number of oxazole rings is 1. The van der Waals surface area contributed by atoms with Gasteiger partial charge in [-0.3, -0.25) is 9.12 Å². The van der Waals surface area contributed by atoms with E-state index in [2.05, 4.69) is 10.1 Å². The maximum atomic E-state index is 11.9. The topological polar surface area (TPSA) is 133 Å². The first-order valence-electron chi connectivity index (χ1n) is 6.42. The Morgan fingerprint density at radius 1 is 1.35 bits per heavy atom. The molecule has 0 saturated heterocycles. The van der Waals surface area contributed by atoms with Crippen molar-refractivity contribution in [2.24, 2.45) is 0 Å². The van der Waals surface area contributed by atoms with E-state index in [9.17, 15) is 17.7 Å². The van der Waals surface area contributed by atoms with Gasteiger partial charge in [0.05, 0.1) is 11.8 Å². The van der Waals surface area contributed by atoms with Gasteiger partial charge in [0, 0.05) is 20.3 Å². The molecular weight excluding hydrogens is 406 g/mol. The van der Waals surface area contributed by atoms with Gasteiger partial charge in [-0.2, -0.15) is 21.6 Å². The van der Waals surface area contributed by atoms with Crippen LogP contribution in [-0.2, 0) is 30.0 Å². The molecule has 0 aliphatic carbocycles. The molecule has 0 spiro atoms. The van der Waals surface area contributed by atoms with Gasteiger partial charge in [-0.25, -0.2) is 4.98 Å². The molecule has 2 rings (SSSR count). The molecule has 0 bridgehead atoms. The van der Waals surface area contributed by atoms with E-state index in [0.717, 1.165) is 5.56 Å². The van der Waals surface area contributed by atoms with Crippen molar-refractivity contribution in [2.75, 3.05) is 14.2 Å². The molecule has 0 saturated carbocycles. The van der Waals surface area contributed by atoms with E-state index in [-0.39, 0.29) is 6.29 Å². The van der Waals surface area contributed by atoms with Gasteiger partial charge in [-0.05, 0) is 5.10 Å². The third-order valence-electron chi connectivity index (χ3n) is 2.62. The lowest BCUT2D eigenvalue weighted by molar-refractivity contribution is -0.738. The normalized spacial score (nSPS) is 12.4. The number of aromatic nitrogens is 3. The zero-order valence-corrected chi connectivity index (χ0v) is 15.0. The third-order valence-corrected chi connectivity index (χ3v) is 4.95. The predicted octanol–water partition coefficient (Wildman–Crippen LogP) is 1.86. The highest BCUT2D eigenvalue weighted by atomic mass is 32.2. The molecule has 0 atom stereocenters. The highest BCUT2D eigenvalue weighted by Gasteiger charge is 2.44. The maximum absolute atomic E-state index is 11.9. The Morgan fingerprint density at radius 2 is 1.92 bits per heavy atom. The highest BCUT2D eigenvalue weighted by molar-refractivity contribution is 7.86. The molecule has 1 N–H and O–H groups in total. The summed E-state index contributed by atoms with van der Waals surface area (Å²) in [6, 6.07) is 1.76. The second kappa shape index (κ2) is 8.68. The molecule has 0 radical (unpaired) electrons. The molecule has 0 aliphatic heterocycles. The molecule has 10 nitrogen and oxygen atoms in total. The van der Waals surface area contributed by atoms with Crippen LogP contribution in [-0.4, -0.2) is 42.8 Å². The summed E-state index contributed by atoms with van der Waals surface area (Å²) >= 11 is 0. The summed E-state index contributed by atoms with van der Waals surface area (Å²) < 4.78 is 85.7. The van der Waals surface area contributed by atoms with Crippen LogP contribution in [0.15, 0.2) is 35.3 Å². The summed E-state index contributed by atoms with van der Waals surface area (Å²) in [5.41, 5.74) is -4.80.